The second kappa shape index (κ2) is 6.99. The van der Waals surface area contributed by atoms with Gasteiger partial charge < -0.3 is 10.9 Å². The number of hydrazone groups is 1. The largest absolute Gasteiger partial charge is 0.377 e. The van der Waals surface area contributed by atoms with E-state index in [0.29, 0.717) is 17.1 Å². The Morgan fingerprint density at radius 2 is 1.88 bits per heavy atom. The van der Waals surface area contributed by atoms with Gasteiger partial charge in [0.1, 0.15) is 18.0 Å². The third-order valence-corrected chi connectivity index (χ3v) is 3.37. The third-order valence-electron chi connectivity index (χ3n) is 3.37. The number of benzene rings is 1. The zero-order valence-corrected chi connectivity index (χ0v) is 12.7. The first kappa shape index (κ1) is 18.5. The molecule has 0 fully saturated rings. The van der Waals surface area contributed by atoms with E-state index in [2.05, 4.69) is 15.1 Å². The van der Waals surface area contributed by atoms with Crippen LogP contribution in [-0.4, -0.2) is 33.0 Å². The number of aromatic nitrogens is 2. The summed E-state index contributed by atoms with van der Waals surface area (Å²) in [4.78, 5) is 6.81. The molecule has 25 heavy (non-hydrogen) atoms. The van der Waals surface area contributed by atoms with E-state index < -0.39 is 41.1 Å². The van der Waals surface area contributed by atoms with Crippen molar-refractivity contribution < 1.29 is 22.7 Å². The highest BCUT2D eigenvalue weighted by molar-refractivity contribution is 5.53. The van der Waals surface area contributed by atoms with E-state index in [9.17, 15) is 22.7 Å². The standard InChI is InChI=1S/C14H14F4N6O/c15-9-2-3-10(11(16)6-9)13(25,7-24(20)8-23-19)14(17,18)12-21-4-1-5-22-12/h1-6,8,25H,7,19-20H2/b23-8-. The molecule has 0 saturated heterocycles. The highest BCUT2D eigenvalue weighted by Gasteiger charge is 2.59. The van der Waals surface area contributed by atoms with Crippen molar-refractivity contribution in [2.75, 3.05) is 6.54 Å². The first-order valence-corrected chi connectivity index (χ1v) is 6.80. The highest BCUT2D eigenvalue weighted by atomic mass is 19.3. The van der Waals surface area contributed by atoms with Crippen LogP contribution in [0.25, 0.3) is 0 Å². The number of nitrogens with zero attached hydrogens (tertiary/aromatic N) is 4. The summed E-state index contributed by atoms with van der Waals surface area (Å²) < 4.78 is 57.2. The maximum Gasteiger partial charge on any atom is 0.340 e. The molecule has 0 aliphatic carbocycles. The van der Waals surface area contributed by atoms with Crippen molar-refractivity contribution in [1.82, 2.24) is 15.0 Å². The number of hydrogen-bond acceptors (Lipinski definition) is 6. The van der Waals surface area contributed by atoms with Gasteiger partial charge in [-0.15, -0.1) is 0 Å². The minimum absolute atomic E-state index is 0.361. The third kappa shape index (κ3) is 3.51. The molecule has 0 aliphatic heterocycles. The molecule has 0 bridgehead atoms. The number of hydrazine groups is 1. The van der Waals surface area contributed by atoms with Crippen molar-refractivity contribution in [1.29, 1.82) is 0 Å². The molecule has 0 spiro atoms. The van der Waals surface area contributed by atoms with Gasteiger partial charge in [-0.2, -0.15) is 13.9 Å². The van der Waals surface area contributed by atoms with E-state index >= 15 is 0 Å². The summed E-state index contributed by atoms with van der Waals surface area (Å²) in [6.07, 6.45) is 2.80. The molecular weight excluding hydrogens is 344 g/mol. The Labute approximate surface area is 139 Å². The molecule has 1 heterocycles. The first-order valence-electron chi connectivity index (χ1n) is 6.80. The van der Waals surface area contributed by atoms with E-state index in [4.69, 9.17) is 11.7 Å². The predicted octanol–water partition coefficient (Wildman–Crippen LogP) is 0.812. The Morgan fingerprint density at radius 3 is 2.44 bits per heavy atom. The topological polar surface area (TPSA) is 114 Å². The molecule has 1 aromatic heterocycles. The fourth-order valence-corrected chi connectivity index (χ4v) is 2.22. The maximum atomic E-state index is 15.0. The SMILES string of the molecule is N/N=C\N(N)CC(O)(c1ccc(F)cc1F)C(F)(F)c1ncccn1. The number of halogens is 4. The van der Waals surface area contributed by atoms with Gasteiger partial charge in [-0.3, -0.25) is 5.01 Å². The molecular formula is C14H14F4N6O. The lowest BCUT2D eigenvalue weighted by Crippen LogP contribution is -2.54. The Hall–Kier alpha value is -2.79. The van der Waals surface area contributed by atoms with Gasteiger partial charge in [0.15, 0.2) is 5.60 Å². The Kier molecular flexibility index (Phi) is 5.18. The summed E-state index contributed by atoms with van der Waals surface area (Å²) in [5.74, 6) is 2.67. The molecule has 134 valence electrons. The van der Waals surface area contributed by atoms with Crippen LogP contribution < -0.4 is 11.7 Å². The molecule has 0 amide bonds. The van der Waals surface area contributed by atoms with Crippen molar-refractivity contribution in [3.05, 3.63) is 59.7 Å². The Morgan fingerprint density at radius 1 is 1.24 bits per heavy atom. The maximum absolute atomic E-state index is 15.0. The van der Waals surface area contributed by atoms with Gasteiger partial charge in [-0.1, -0.05) is 0 Å². The van der Waals surface area contributed by atoms with Crippen LogP contribution in [0.5, 0.6) is 0 Å². The second-order valence-electron chi connectivity index (χ2n) is 5.07. The van der Waals surface area contributed by atoms with Crippen LogP contribution in [0.3, 0.4) is 0 Å². The van der Waals surface area contributed by atoms with E-state index in [0.717, 1.165) is 24.8 Å². The van der Waals surface area contributed by atoms with E-state index in [1.165, 1.54) is 6.07 Å². The van der Waals surface area contributed by atoms with E-state index in [-0.39, 0.29) is 0 Å². The van der Waals surface area contributed by atoms with Crippen LogP contribution >= 0.6 is 0 Å². The number of alkyl halides is 2. The summed E-state index contributed by atoms with van der Waals surface area (Å²) in [6.45, 7) is -1.04. The zero-order chi connectivity index (χ0) is 18.7. The van der Waals surface area contributed by atoms with E-state index in [1.54, 1.807) is 0 Å². The lowest BCUT2D eigenvalue weighted by molar-refractivity contribution is -0.206. The normalized spacial score (nSPS) is 14.5. The summed E-state index contributed by atoms with van der Waals surface area (Å²) in [6, 6.07) is 3.06. The second-order valence-corrected chi connectivity index (χ2v) is 5.07. The van der Waals surface area contributed by atoms with Crippen molar-refractivity contribution in [3.63, 3.8) is 0 Å². The van der Waals surface area contributed by atoms with Crippen LogP contribution in [0.2, 0.25) is 0 Å². The van der Waals surface area contributed by atoms with Crippen LogP contribution in [0.4, 0.5) is 17.6 Å². The lowest BCUT2D eigenvalue weighted by atomic mass is 9.85. The average molecular weight is 358 g/mol. The van der Waals surface area contributed by atoms with Gasteiger partial charge in [-0.25, -0.2) is 24.6 Å². The average Bonchev–Trinajstić information content (AvgIpc) is 2.55. The van der Waals surface area contributed by atoms with Gasteiger partial charge in [-0.05, 0) is 18.2 Å². The first-order chi connectivity index (χ1) is 11.7. The smallest absolute Gasteiger partial charge is 0.340 e. The zero-order valence-electron chi connectivity index (χ0n) is 12.7. The summed E-state index contributed by atoms with van der Waals surface area (Å²) in [5.41, 5.74) is -4.14. The highest BCUT2D eigenvalue weighted by Crippen LogP contribution is 2.45. The summed E-state index contributed by atoms with van der Waals surface area (Å²) >= 11 is 0. The van der Waals surface area contributed by atoms with Crippen molar-refractivity contribution in [2.45, 2.75) is 11.5 Å². The fourth-order valence-electron chi connectivity index (χ4n) is 2.22. The molecule has 1 atom stereocenters. The molecule has 7 nitrogen and oxygen atoms in total. The summed E-state index contributed by atoms with van der Waals surface area (Å²) in [7, 11) is 0. The monoisotopic (exact) mass is 358 g/mol. The molecule has 5 N–H and O–H groups in total. The number of aliphatic hydroxyl groups is 1. The van der Waals surface area contributed by atoms with Gasteiger partial charge in [0.25, 0.3) is 0 Å². The van der Waals surface area contributed by atoms with Crippen molar-refractivity contribution in [2.24, 2.45) is 16.8 Å². The molecule has 1 aromatic carbocycles. The number of rotatable bonds is 6. The number of hydrogen-bond donors (Lipinski definition) is 3. The van der Waals surface area contributed by atoms with Gasteiger partial charge >= 0.3 is 5.92 Å². The van der Waals surface area contributed by atoms with E-state index in [1.807, 2.05) is 0 Å². The lowest BCUT2D eigenvalue weighted by Gasteiger charge is -2.37. The van der Waals surface area contributed by atoms with Crippen LogP contribution in [0.15, 0.2) is 41.8 Å². The van der Waals surface area contributed by atoms with Gasteiger partial charge in [0.2, 0.25) is 5.82 Å². The molecule has 2 aromatic rings. The van der Waals surface area contributed by atoms with Crippen molar-refractivity contribution in [3.8, 4) is 0 Å². The Bertz CT molecular complexity index is 760. The van der Waals surface area contributed by atoms with Crippen LogP contribution in [0.1, 0.15) is 11.4 Å². The Balaban J connectivity index is 2.63. The molecule has 2 rings (SSSR count). The predicted molar refractivity (Wildman–Crippen MR) is 79.8 cm³/mol. The molecule has 0 saturated carbocycles. The molecule has 1 unspecified atom stereocenters. The quantitative estimate of drug-likeness (QED) is 0.232. The minimum Gasteiger partial charge on any atom is -0.377 e. The van der Waals surface area contributed by atoms with Gasteiger partial charge in [0, 0.05) is 24.0 Å². The summed E-state index contributed by atoms with van der Waals surface area (Å²) in [5, 5.41) is 14.3. The van der Waals surface area contributed by atoms with Crippen LogP contribution in [-0.2, 0) is 11.5 Å². The van der Waals surface area contributed by atoms with Crippen molar-refractivity contribution >= 4 is 6.34 Å². The van der Waals surface area contributed by atoms with Crippen LogP contribution in [0, 0.1) is 11.6 Å². The van der Waals surface area contributed by atoms with Gasteiger partial charge in [0.05, 0.1) is 6.54 Å². The molecule has 11 heteroatoms. The molecule has 0 radical (unpaired) electrons. The fraction of sp³-hybridized carbons (Fsp3) is 0.214. The number of nitrogens with two attached hydrogens (primary N) is 2. The minimum atomic E-state index is -4.19. The molecule has 0 aliphatic rings.